The molecular formula is C56H64N4. The molecule has 2 heterocycles. The number of nitrogens with zero attached hydrogens (tertiary/aromatic N) is 4. The van der Waals surface area contributed by atoms with Crippen molar-refractivity contribution in [2.24, 2.45) is 0 Å². The first-order valence-corrected chi connectivity index (χ1v) is 22.4. The van der Waals surface area contributed by atoms with Crippen LogP contribution in [0.2, 0.25) is 0 Å². The lowest BCUT2D eigenvalue weighted by atomic mass is 9.85. The van der Waals surface area contributed by atoms with Crippen LogP contribution in [0, 0.1) is 0 Å². The summed E-state index contributed by atoms with van der Waals surface area (Å²) in [6.07, 6.45) is 25.5. The van der Waals surface area contributed by atoms with Gasteiger partial charge in [-0.2, -0.15) is 0 Å². The molecule has 4 heteroatoms. The highest BCUT2D eigenvalue weighted by molar-refractivity contribution is 6.05. The molecule has 0 fully saturated rings. The highest BCUT2D eigenvalue weighted by atomic mass is 15.1. The van der Waals surface area contributed by atoms with Crippen LogP contribution in [0.4, 0.5) is 11.4 Å². The summed E-state index contributed by atoms with van der Waals surface area (Å²) in [6.45, 7) is 13.5. The Morgan fingerprint density at radius 2 is 0.600 bits per heavy atom. The van der Waals surface area contributed by atoms with Crippen molar-refractivity contribution in [1.82, 2.24) is 9.97 Å². The largest absolute Gasteiger partial charge is 0.372 e. The van der Waals surface area contributed by atoms with Gasteiger partial charge in [-0.1, -0.05) is 150 Å². The van der Waals surface area contributed by atoms with E-state index in [0.29, 0.717) is 0 Å². The van der Waals surface area contributed by atoms with Crippen LogP contribution < -0.4 is 9.80 Å². The number of anilines is 2. The summed E-state index contributed by atoms with van der Waals surface area (Å²) in [7, 11) is 0. The van der Waals surface area contributed by atoms with Crippen LogP contribution in [-0.2, 0) is 0 Å². The van der Waals surface area contributed by atoms with E-state index in [9.17, 15) is 0 Å². The van der Waals surface area contributed by atoms with Gasteiger partial charge < -0.3 is 9.80 Å². The Kier molecular flexibility index (Phi) is 17.1. The Balaban J connectivity index is 1.50. The predicted molar refractivity (Wildman–Crippen MR) is 261 cm³/mol. The zero-order valence-electron chi connectivity index (χ0n) is 36.4. The Labute approximate surface area is 361 Å². The van der Waals surface area contributed by atoms with Crippen LogP contribution in [0.5, 0.6) is 0 Å². The van der Waals surface area contributed by atoms with Crippen molar-refractivity contribution in [2.75, 3.05) is 36.0 Å². The van der Waals surface area contributed by atoms with Gasteiger partial charge >= 0.3 is 0 Å². The molecule has 0 aliphatic heterocycles. The fourth-order valence-corrected chi connectivity index (χ4v) is 7.58. The summed E-state index contributed by atoms with van der Waals surface area (Å²) in [5.74, 6) is 0. The minimum absolute atomic E-state index is 1.09. The van der Waals surface area contributed by atoms with Gasteiger partial charge in [0.15, 0.2) is 0 Å². The molecule has 0 saturated carbocycles. The molecule has 4 aromatic carbocycles. The molecule has 0 spiro atoms. The van der Waals surface area contributed by atoms with Crippen LogP contribution in [-0.4, -0.2) is 36.1 Å². The first-order chi connectivity index (χ1) is 29.6. The average molecular weight is 793 g/mol. The van der Waals surface area contributed by atoms with Crippen LogP contribution in [0.1, 0.15) is 124 Å². The summed E-state index contributed by atoms with van der Waals surface area (Å²) < 4.78 is 0. The highest BCUT2D eigenvalue weighted by Crippen LogP contribution is 2.39. The number of rotatable bonds is 22. The number of hydrogen-bond acceptors (Lipinski definition) is 4. The molecule has 60 heavy (non-hydrogen) atoms. The number of unbranched alkanes of at least 4 members (excludes halogenated alkanes) is 4. The van der Waals surface area contributed by atoms with Crippen molar-refractivity contribution < 1.29 is 0 Å². The molecule has 6 aromatic rings. The van der Waals surface area contributed by atoms with Gasteiger partial charge in [-0.05, 0) is 130 Å². The molecule has 0 bridgehead atoms. The molecule has 308 valence electrons. The van der Waals surface area contributed by atoms with Gasteiger partial charge in [-0.15, -0.1) is 0 Å². The summed E-state index contributed by atoms with van der Waals surface area (Å²) in [4.78, 5) is 13.5. The van der Waals surface area contributed by atoms with Crippen molar-refractivity contribution >= 4 is 46.8 Å². The Morgan fingerprint density at radius 3 is 0.867 bits per heavy atom. The predicted octanol–water partition coefficient (Wildman–Crippen LogP) is 14.6. The zero-order valence-corrected chi connectivity index (χ0v) is 36.4. The third-order valence-corrected chi connectivity index (χ3v) is 11.2. The standard InChI is InChI=1S/C56H64N4/c1-5-9-41-59(42-10-6-2)53-29-25-51(26-30-53)56(52-27-31-54(32-28-52)60(43-11-7-3)44-12-8-4)55(49-21-17-45(18-22-49)13-15-47-33-37-57-38-34-47)50-23-19-46(20-24-50)14-16-48-35-39-58-40-36-48/h13-40H,5-12,41-44H2,1-4H3. The Morgan fingerprint density at radius 1 is 0.350 bits per heavy atom. The van der Waals surface area contributed by atoms with E-state index in [4.69, 9.17) is 0 Å². The first-order valence-electron chi connectivity index (χ1n) is 22.4. The maximum Gasteiger partial charge on any atom is 0.0366 e. The van der Waals surface area contributed by atoms with Crippen LogP contribution >= 0.6 is 0 Å². The van der Waals surface area contributed by atoms with Gasteiger partial charge in [0.25, 0.3) is 0 Å². The van der Waals surface area contributed by atoms with Crippen LogP contribution in [0.15, 0.2) is 146 Å². The number of hydrogen-bond donors (Lipinski definition) is 0. The summed E-state index contributed by atoms with van der Waals surface area (Å²) in [5.41, 5.74) is 14.4. The van der Waals surface area contributed by atoms with E-state index >= 15 is 0 Å². The van der Waals surface area contributed by atoms with Crippen molar-refractivity contribution in [3.05, 3.63) is 191 Å². The minimum atomic E-state index is 1.09. The first kappa shape index (κ1) is 43.6. The molecule has 0 saturated heterocycles. The Hall–Kier alpha value is -6.00. The molecule has 4 nitrogen and oxygen atoms in total. The third-order valence-electron chi connectivity index (χ3n) is 11.2. The molecule has 0 aliphatic rings. The molecule has 0 aliphatic carbocycles. The second kappa shape index (κ2) is 23.6. The van der Waals surface area contributed by atoms with Gasteiger partial charge in [0.05, 0.1) is 0 Å². The molecule has 6 rings (SSSR count). The lowest BCUT2D eigenvalue weighted by Gasteiger charge is -2.26. The molecule has 0 radical (unpaired) electrons. The van der Waals surface area contributed by atoms with Gasteiger partial charge in [0, 0.05) is 62.3 Å². The number of benzene rings is 4. The van der Waals surface area contributed by atoms with E-state index < -0.39 is 0 Å². The summed E-state index contributed by atoms with van der Waals surface area (Å²) in [6, 6.07) is 45.1. The highest BCUT2D eigenvalue weighted by Gasteiger charge is 2.18. The fraction of sp³-hybridized carbons (Fsp3) is 0.286. The normalized spacial score (nSPS) is 11.3. The lowest BCUT2D eigenvalue weighted by molar-refractivity contribution is 0.678. The van der Waals surface area contributed by atoms with E-state index in [0.717, 1.165) is 48.4 Å². The molecule has 0 amide bonds. The molecule has 0 N–H and O–H groups in total. The van der Waals surface area contributed by atoms with Crippen LogP contribution in [0.25, 0.3) is 35.5 Å². The third kappa shape index (κ3) is 12.5. The van der Waals surface area contributed by atoms with Gasteiger partial charge in [0.2, 0.25) is 0 Å². The fourth-order valence-electron chi connectivity index (χ4n) is 7.58. The van der Waals surface area contributed by atoms with E-state index in [2.05, 4.69) is 169 Å². The number of pyridine rings is 2. The van der Waals surface area contributed by atoms with E-state index in [1.165, 1.54) is 96.1 Å². The smallest absolute Gasteiger partial charge is 0.0366 e. The summed E-state index contributed by atoms with van der Waals surface area (Å²) >= 11 is 0. The van der Waals surface area contributed by atoms with E-state index in [-0.39, 0.29) is 0 Å². The van der Waals surface area contributed by atoms with Gasteiger partial charge in [0.1, 0.15) is 0 Å². The second-order valence-electron chi connectivity index (χ2n) is 15.7. The van der Waals surface area contributed by atoms with Gasteiger partial charge in [-0.25, -0.2) is 0 Å². The minimum Gasteiger partial charge on any atom is -0.372 e. The molecule has 0 unspecified atom stereocenters. The van der Waals surface area contributed by atoms with Crippen molar-refractivity contribution in [1.29, 1.82) is 0 Å². The lowest BCUT2D eigenvalue weighted by Crippen LogP contribution is -2.25. The average Bonchev–Trinajstić information content (AvgIpc) is 3.31. The van der Waals surface area contributed by atoms with E-state index in [1.807, 2.05) is 49.1 Å². The van der Waals surface area contributed by atoms with E-state index in [1.54, 1.807) is 0 Å². The topological polar surface area (TPSA) is 32.3 Å². The molecule has 2 aromatic heterocycles. The Bertz CT molecular complexity index is 2040. The number of aromatic nitrogens is 2. The maximum atomic E-state index is 4.18. The SMILES string of the molecule is CCCCN(CCCC)c1ccc(C(=C(c2ccc(C=Cc3ccncc3)cc2)c2ccc(C=Cc3ccncc3)cc2)c2ccc(N(CCCC)CCCC)cc2)cc1. The monoisotopic (exact) mass is 793 g/mol. The molecule has 0 atom stereocenters. The van der Waals surface area contributed by atoms with Crippen LogP contribution in [0.3, 0.4) is 0 Å². The van der Waals surface area contributed by atoms with Crippen molar-refractivity contribution in [2.45, 2.75) is 79.1 Å². The zero-order chi connectivity index (χ0) is 41.8. The van der Waals surface area contributed by atoms with Crippen molar-refractivity contribution in [3.8, 4) is 0 Å². The summed E-state index contributed by atoms with van der Waals surface area (Å²) in [5, 5.41) is 0. The molecular weight excluding hydrogens is 729 g/mol. The van der Waals surface area contributed by atoms with Gasteiger partial charge in [-0.3, -0.25) is 9.97 Å². The maximum absolute atomic E-state index is 4.18. The quantitative estimate of drug-likeness (QED) is 0.0641. The second-order valence-corrected chi connectivity index (χ2v) is 15.7. The van der Waals surface area contributed by atoms with Crippen molar-refractivity contribution in [3.63, 3.8) is 0 Å².